The van der Waals surface area contributed by atoms with Gasteiger partial charge in [0.15, 0.2) is 5.75 Å². The average Bonchev–Trinajstić information content (AvgIpc) is 2.54. The second-order valence-electron chi connectivity index (χ2n) is 4.19. The molecule has 0 spiro atoms. The molecular formula is C14H14FN2NaO8. The Hall–Kier alpha value is -2.47. The standard InChI is InChI=1S/C7H6FNO3.C7H7NO4.Na.H2O/c1-12-7-4-5(8)2-3-6(7)9(10)11;1-12-7-4-5(9)2-3-6(7)8(10)11;;/h2-4H,1H3;2-4,9H,1H3;;1H2/q;;+1;/p-1. The van der Waals surface area contributed by atoms with Gasteiger partial charge >= 0.3 is 40.9 Å². The first-order chi connectivity index (χ1) is 11.3. The molecule has 0 saturated carbocycles. The van der Waals surface area contributed by atoms with E-state index in [2.05, 4.69) is 9.47 Å². The van der Waals surface area contributed by atoms with Crippen LogP contribution in [0.25, 0.3) is 0 Å². The van der Waals surface area contributed by atoms with E-state index in [4.69, 9.17) is 5.11 Å². The largest absolute Gasteiger partial charge is 1.00 e. The number of nitro groups is 2. The van der Waals surface area contributed by atoms with E-state index in [1.807, 2.05) is 0 Å². The number of hydrogen-bond acceptors (Lipinski definition) is 8. The van der Waals surface area contributed by atoms with Crippen molar-refractivity contribution >= 4 is 11.4 Å². The predicted molar refractivity (Wildman–Crippen MR) is 82.9 cm³/mol. The molecule has 136 valence electrons. The molecule has 0 saturated heterocycles. The third kappa shape index (κ3) is 7.19. The molecule has 0 radical (unpaired) electrons. The Kier molecular flexibility index (Phi) is 11.9. The third-order valence-corrected chi connectivity index (χ3v) is 2.70. The maximum absolute atomic E-state index is 12.5. The second kappa shape index (κ2) is 12.0. The monoisotopic (exact) mass is 380 g/mol. The van der Waals surface area contributed by atoms with Gasteiger partial charge in [-0.05, 0) is 12.1 Å². The van der Waals surface area contributed by atoms with Crippen molar-refractivity contribution in [2.45, 2.75) is 0 Å². The number of nitro benzene ring substituents is 2. The maximum Gasteiger partial charge on any atom is 1.00 e. The van der Waals surface area contributed by atoms with Gasteiger partial charge in [0, 0.05) is 24.3 Å². The number of benzene rings is 2. The van der Waals surface area contributed by atoms with Crippen LogP contribution in [0.4, 0.5) is 15.8 Å². The van der Waals surface area contributed by atoms with Crippen LogP contribution in [0.5, 0.6) is 17.2 Å². The summed E-state index contributed by atoms with van der Waals surface area (Å²) in [4.78, 5) is 19.4. The van der Waals surface area contributed by atoms with E-state index in [1.165, 1.54) is 32.4 Å². The van der Waals surface area contributed by atoms with E-state index >= 15 is 0 Å². The Morgan fingerprint density at radius 2 is 1.35 bits per heavy atom. The van der Waals surface area contributed by atoms with E-state index < -0.39 is 15.7 Å². The molecule has 0 unspecified atom stereocenters. The Balaban J connectivity index is 0. The molecule has 10 nitrogen and oxygen atoms in total. The summed E-state index contributed by atoms with van der Waals surface area (Å²) >= 11 is 0. The van der Waals surface area contributed by atoms with Crippen LogP contribution in [-0.4, -0.2) is 34.6 Å². The number of phenols is 1. The number of nitrogens with zero attached hydrogens (tertiary/aromatic N) is 2. The van der Waals surface area contributed by atoms with Crippen molar-refractivity contribution in [3.63, 3.8) is 0 Å². The molecule has 2 N–H and O–H groups in total. The quantitative estimate of drug-likeness (QED) is 0.437. The van der Waals surface area contributed by atoms with Crippen LogP contribution in [0.2, 0.25) is 0 Å². The Morgan fingerprint density at radius 1 is 0.923 bits per heavy atom. The number of aromatic hydroxyl groups is 1. The van der Waals surface area contributed by atoms with Gasteiger partial charge in [0.2, 0.25) is 5.75 Å². The van der Waals surface area contributed by atoms with Crippen molar-refractivity contribution < 1.29 is 63.9 Å². The van der Waals surface area contributed by atoms with Gasteiger partial charge in [-0.2, -0.15) is 0 Å². The van der Waals surface area contributed by atoms with Crippen molar-refractivity contribution in [1.82, 2.24) is 0 Å². The van der Waals surface area contributed by atoms with Gasteiger partial charge in [-0.25, -0.2) is 4.39 Å². The molecule has 0 atom stereocenters. The number of ether oxygens (including phenoxy) is 2. The van der Waals surface area contributed by atoms with E-state index in [-0.39, 0.29) is 63.7 Å². The minimum Gasteiger partial charge on any atom is -0.870 e. The summed E-state index contributed by atoms with van der Waals surface area (Å²) in [6, 6.07) is 6.67. The fourth-order valence-corrected chi connectivity index (χ4v) is 1.62. The van der Waals surface area contributed by atoms with Crippen molar-refractivity contribution in [3.8, 4) is 17.2 Å². The molecule has 0 aliphatic rings. The smallest absolute Gasteiger partial charge is 0.870 e. The summed E-state index contributed by atoms with van der Waals surface area (Å²) in [6.07, 6.45) is 0. The number of halogens is 1. The third-order valence-electron chi connectivity index (χ3n) is 2.70. The van der Waals surface area contributed by atoms with Crippen LogP contribution in [0.3, 0.4) is 0 Å². The SMILES string of the molecule is COc1cc(F)ccc1[N+](=O)[O-].COc1cc(O)ccc1[N+](=O)[O-].[Na+].[OH-]. The van der Waals surface area contributed by atoms with Gasteiger partial charge in [-0.15, -0.1) is 0 Å². The molecular weight excluding hydrogens is 366 g/mol. The van der Waals surface area contributed by atoms with Crippen LogP contribution >= 0.6 is 0 Å². The van der Waals surface area contributed by atoms with Crippen LogP contribution in [0.1, 0.15) is 0 Å². The first kappa shape index (κ1) is 25.8. The summed E-state index contributed by atoms with van der Waals surface area (Å²) in [6.45, 7) is 0. The average molecular weight is 380 g/mol. The molecule has 0 aliphatic carbocycles. The topological polar surface area (TPSA) is 155 Å². The molecule has 0 bridgehead atoms. The fourth-order valence-electron chi connectivity index (χ4n) is 1.62. The van der Waals surface area contributed by atoms with Gasteiger partial charge in [-0.1, -0.05) is 0 Å². The molecule has 0 aliphatic heterocycles. The zero-order chi connectivity index (χ0) is 18.3. The minimum absolute atomic E-state index is 0. The predicted octanol–water partition coefficient (Wildman–Crippen LogP) is -0.121. The number of methoxy groups -OCH3 is 2. The summed E-state index contributed by atoms with van der Waals surface area (Å²) in [5.74, 6) is -0.630. The van der Waals surface area contributed by atoms with Crippen LogP contribution in [0, 0.1) is 26.0 Å². The van der Waals surface area contributed by atoms with E-state index in [0.717, 1.165) is 18.2 Å². The van der Waals surface area contributed by atoms with Crippen LogP contribution in [0.15, 0.2) is 36.4 Å². The Bertz CT molecular complexity index is 696. The molecule has 2 rings (SSSR count). The normalized spacial score (nSPS) is 8.73. The van der Waals surface area contributed by atoms with Gasteiger partial charge in [0.25, 0.3) is 0 Å². The fraction of sp³-hybridized carbons (Fsp3) is 0.143. The Morgan fingerprint density at radius 3 is 1.77 bits per heavy atom. The zero-order valence-electron chi connectivity index (χ0n) is 14.1. The zero-order valence-corrected chi connectivity index (χ0v) is 16.1. The first-order valence-corrected chi connectivity index (χ1v) is 6.29. The summed E-state index contributed by atoms with van der Waals surface area (Å²) < 4.78 is 21.8. The molecule has 2 aromatic rings. The van der Waals surface area contributed by atoms with Crippen molar-refractivity contribution in [3.05, 3.63) is 62.4 Å². The number of phenolic OH excluding ortho intramolecular Hbond substituents is 1. The maximum atomic E-state index is 12.5. The summed E-state index contributed by atoms with van der Waals surface area (Å²) in [5, 5.41) is 29.6. The van der Waals surface area contributed by atoms with Crippen molar-refractivity contribution in [2.24, 2.45) is 0 Å². The number of rotatable bonds is 4. The van der Waals surface area contributed by atoms with E-state index in [0.29, 0.717) is 0 Å². The summed E-state index contributed by atoms with van der Waals surface area (Å²) in [7, 11) is 2.56. The van der Waals surface area contributed by atoms with Gasteiger partial charge in [0.05, 0.1) is 24.1 Å². The van der Waals surface area contributed by atoms with Gasteiger partial charge < -0.3 is 20.1 Å². The molecule has 0 amide bonds. The molecule has 0 heterocycles. The van der Waals surface area contributed by atoms with Crippen LogP contribution in [-0.2, 0) is 0 Å². The summed E-state index contributed by atoms with van der Waals surface area (Å²) in [5.41, 5.74) is -0.394. The second-order valence-corrected chi connectivity index (χ2v) is 4.19. The van der Waals surface area contributed by atoms with Gasteiger partial charge in [0.1, 0.15) is 11.6 Å². The van der Waals surface area contributed by atoms with Crippen molar-refractivity contribution in [2.75, 3.05) is 14.2 Å². The molecule has 12 heteroatoms. The molecule has 0 fully saturated rings. The van der Waals surface area contributed by atoms with E-state index in [9.17, 15) is 24.6 Å². The van der Waals surface area contributed by atoms with Crippen LogP contribution < -0.4 is 39.0 Å². The first-order valence-electron chi connectivity index (χ1n) is 6.29. The van der Waals surface area contributed by atoms with E-state index in [1.54, 1.807) is 0 Å². The Labute approximate surface area is 169 Å². The number of hydrogen-bond donors (Lipinski definition) is 1. The van der Waals surface area contributed by atoms with Gasteiger partial charge in [-0.3, -0.25) is 20.2 Å². The minimum atomic E-state index is -0.627. The molecule has 2 aromatic carbocycles. The molecule has 26 heavy (non-hydrogen) atoms. The molecule has 0 aromatic heterocycles. The van der Waals surface area contributed by atoms with Crippen molar-refractivity contribution in [1.29, 1.82) is 0 Å².